The number of nitrogens with zero attached hydrogens (tertiary/aromatic N) is 2. The van der Waals surface area contributed by atoms with E-state index in [1.54, 1.807) is 0 Å². The normalized spacial score (nSPS) is 30.2. The van der Waals surface area contributed by atoms with Crippen molar-refractivity contribution < 1.29 is 22.3 Å². The predicted molar refractivity (Wildman–Crippen MR) is 87.7 cm³/mol. The number of amides is 1. The summed E-state index contributed by atoms with van der Waals surface area (Å²) in [5.74, 6) is -0.163. The highest BCUT2D eigenvalue weighted by molar-refractivity contribution is 7.89. The molecule has 3 fully saturated rings. The van der Waals surface area contributed by atoms with Crippen molar-refractivity contribution in [3.8, 4) is 0 Å². The number of ether oxygens (including phenoxy) is 1. The molecule has 0 N–H and O–H groups in total. The van der Waals surface area contributed by atoms with Gasteiger partial charge >= 0.3 is 0 Å². The lowest BCUT2D eigenvalue weighted by Gasteiger charge is -2.24. The summed E-state index contributed by atoms with van der Waals surface area (Å²) < 4.78 is 46.1. The van der Waals surface area contributed by atoms with Gasteiger partial charge in [-0.25, -0.2) is 12.8 Å². The molecule has 3 aliphatic rings. The third kappa shape index (κ3) is 3.07. The first-order chi connectivity index (χ1) is 11.9. The maximum absolute atomic E-state index is 13.4. The predicted octanol–water partition coefficient (Wildman–Crippen LogP) is 1.08. The molecule has 0 bridgehead atoms. The molecule has 1 amide bonds. The van der Waals surface area contributed by atoms with E-state index in [1.165, 1.54) is 22.5 Å². The van der Waals surface area contributed by atoms with Crippen LogP contribution in [-0.4, -0.2) is 62.4 Å². The summed E-state index contributed by atoms with van der Waals surface area (Å²) in [5.41, 5.74) is 0. The van der Waals surface area contributed by atoms with Crippen molar-refractivity contribution in [1.82, 2.24) is 9.21 Å². The Kier molecular flexibility index (Phi) is 4.29. The van der Waals surface area contributed by atoms with Gasteiger partial charge in [0.2, 0.25) is 15.9 Å². The van der Waals surface area contributed by atoms with Gasteiger partial charge < -0.3 is 9.64 Å². The number of halogens is 1. The van der Waals surface area contributed by atoms with Crippen LogP contribution in [0.25, 0.3) is 0 Å². The Bertz CT molecular complexity index is 785. The van der Waals surface area contributed by atoms with Crippen LogP contribution in [0.2, 0.25) is 0 Å². The van der Waals surface area contributed by atoms with Crippen LogP contribution in [0.5, 0.6) is 0 Å². The first-order valence-corrected chi connectivity index (χ1v) is 10.0. The SMILES string of the molecule is O=C1CCCN1C[C@@H]1CO[C@@H]2CN(S(=O)(=O)c3cccc(F)c3)C[C@H]12. The molecule has 136 valence electrons. The number of benzene rings is 1. The zero-order valence-electron chi connectivity index (χ0n) is 13.8. The molecule has 0 spiro atoms. The fourth-order valence-corrected chi connectivity index (χ4v) is 5.63. The number of carbonyl (C=O) groups is 1. The number of likely N-dealkylation sites (tertiary alicyclic amines) is 1. The van der Waals surface area contributed by atoms with Crippen molar-refractivity contribution in [2.24, 2.45) is 11.8 Å². The van der Waals surface area contributed by atoms with Crippen molar-refractivity contribution in [1.29, 1.82) is 0 Å². The van der Waals surface area contributed by atoms with Gasteiger partial charge in [0.05, 0.1) is 17.6 Å². The van der Waals surface area contributed by atoms with Crippen LogP contribution < -0.4 is 0 Å². The van der Waals surface area contributed by atoms with E-state index >= 15 is 0 Å². The molecule has 0 unspecified atom stereocenters. The molecule has 3 saturated heterocycles. The average molecular weight is 368 g/mol. The summed E-state index contributed by atoms with van der Waals surface area (Å²) in [4.78, 5) is 13.7. The monoisotopic (exact) mass is 368 g/mol. The zero-order valence-corrected chi connectivity index (χ0v) is 14.6. The van der Waals surface area contributed by atoms with Crippen LogP contribution in [0.4, 0.5) is 4.39 Å². The van der Waals surface area contributed by atoms with E-state index < -0.39 is 15.8 Å². The van der Waals surface area contributed by atoms with Gasteiger partial charge in [0.15, 0.2) is 0 Å². The molecular weight excluding hydrogens is 347 g/mol. The van der Waals surface area contributed by atoms with Crippen LogP contribution in [0.15, 0.2) is 29.2 Å². The maximum Gasteiger partial charge on any atom is 0.243 e. The number of carbonyl (C=O) groups excluding carboxylic acids is 1. The topological polar surface area (TPSA) is 66.9 Å². The van der Waals surface area contributed by atoms with Crippen molar-refractivity contribution in [3.63, 3.8) is 0 Å². The van der Waals surface area contributed by atoms with E-state index in [0.29, 0.717) is 26.1 Å². The van der Waals surface area contributed by atoms with E-state index in [9.17, 15) is 17.6 Å². The molecule has 3 aliphatic heterocycles. The summed E-state index contributed by atoms with van der Waals surface area (Å²) in [7, 11) is -3.73. The summed E-state index contributed by atoms with van der Waals surface area (Å²) >= 11 is 0. The number of hydrogen-bond acceptors (Lipinski definition) is 4. The largest absolute Gasteiger partial charge is 0.376 e. The molecule has 0 aliphatic carbocycles. The second-order valence-corrected chi connectivity index (χ2v) is 8.96. The van der Waals surface area contributed by atoms with Gasteiger partial charge in [-0.05, 0) is 24.6 Å². The molecule has 4 rings (SSSR count). The molecule has 0 radical (unpaired) electrons. The van der Waals surface area contributed by atoms with Gasteiger partial charge in [0, 0.05) is 44.4 Å². The first-order valence-electron chi connectivity index (χ1n) is 8.60. The fraction of sp³-hybridized carbons (Fsp3) is 0.588. The molecule has 0 saturated carbocycles. The molecular formula is C17H21FN2O4S. The second kappa shape index (κ2) is 6.34. The quantitative estimate of drug-likeness (QED) is 0.798. The standard InChI is InChI=1S/C17H21FN2O4S/c18-13-3-1-4-14(7-13)25(22,23)20-9-15-12(11-24-16(15)10-20)8-19-6-2-5-17(19)21/h1,3-4,7,12,15-16H,2,5-6,8-11H2/t12-,15-,16-/m1/s1. The smallest absolute Gasteiger partial charge is 0.243 e. The maximum atomic E-state index is 13.4. The fourth-order valence-electron chi connectivity index (χ4n) is 4.10. The highest BCUT2D eigenvalue weighted by atomic mass is 32.2. The van der Waals surface area contributed by atoms with Crippen LogP contribution >= 0.6 is 0 Å². The molecule has 3 heterocycles. The lowest BCUT2D eigenvalue weighted by Crippen LogP contribution is -2.36. The molecule has 3 atom stereocenters. The minimum absolute atomic E-state index is 0.0289. The van der Waals surface area contributed by atoms with Gasteiger partial charge in [-0.15, -0.1) is 0 Å². The van der Waals surface area contributed by atoms with Gasteiger partial charge in [0.25, 0.3) is 0 Å². The Morgan fingerprint density at radius 3 is 2.84 bits per heavy atom. The lowest BCUT2D eigenvalue weighted by atomic mass is 9.93. The van der Waals surface area contributed by atoms with E-state index in [-0.39, 0.29) is 35.3 Å². The summed E-state index contributed by atoms with van der Waals surface area (Å²) in [6.07, 6.45) is 1.34. The highest BCUT2D eigenvalue weighted by Gasteiger charge is 2.48. The van der Waals surface area contributed by atoms with Crippen molar-refractivity contribution in [2.45, 2.75) is 23.8 Å². The van der Waals surface area contributed by atoms with Crippen molar-refractivity contribution in [3.05, 3.63) is 30.1 Å². The Balaban J connectivity index is 1.48. The summed E-state index contributed by atoms with van der Waals surface area (Å²) in [6.45, 7) is 2.61. The number of fused-ring (bicyclic) bond motifs is 1. The van der Waals surface area contributed by atoms with Crippen LogP contribution in [0.3, 0.4) is 0 Å². The van der Waals surface area contributed by atoms with E-state index in [0.717, 1.165) is 19.0 Å². The Labute approximate surface area is 146 Å². The molecule has 1 aromatic carbocycles. The minimum atomic E-state index is -3.73. The van der Waals surface area contributed by atoms with Gasteiger partial charge in [-0.1, -0.05) is 6.07 Å². The van der Waals surface area contributed by atoms with E-state index in [1.807, 2.05) is 4.90 Å². The summed E-state index contributed by atoms with van der Waals surface area (Å²) in [6, 6.07) is 5.08. The van der Waals surface area contributed by atoms with Gasteiger partial charge in [0.1, 0.15) is 5.82 Å². The Morgan fingerprint density at radius 1 is 1.28 bits per heavy atom. The van der Waals surface area contributed by atoms with Gasteiger partial charge in [-0.2, -0.15) is 4.31 Å². The zero-order chi connectivity index (χ0) is 17.6. The van der Waals surface area contributed by atoms with Crippen LogP contribution in [0, 0.1) is 17.7 Å². The van der Waals surface area contributed by atoms with Crippen LogP contribution in [-0.2, 0) is 19.6 Å². The first kappa shape index (κ1) is 16.9. The molecule has 6 nitrogen and oxygen atoms in total. The molecule has 25 heavy (non-hydrogen) atoms. The molecule has 1 aromatic rings. The third-order valence-corrected chi connectivity index (χ3v) is 7.29. The van der Waals surface area contributed by atoms with Crippen LogP contribution in [0.1, 0.15) is 12.8 Å². The minimum Gasteiger partial charge on any atom is -0.376 e. The van der Waals surface area contributed by atoms with Crippen molar-refractivity contribution >= 4 is 15.9 Å². The van der Waals surface area contributed by atoms with E-state index in [4.69, 9.17) is 4.74 Å². The second-order valence-electron chi connectivity index (χ2n) is 7.02. The number of sulfonamides is 1. The van der Waals surface area contributed by atoms with Crippen molar-refractivity contribution in [2.75, 3.05) is 32.8 Å². The Hall–Kier alpha value is -1.51. The third-order valence-electron chi connectivity index (χ3n) is 5.47. The summed E-state index contributed by atoms with van der Waals surface area (Å²) in [5, 5.41) is 0. The van der Waals surface area contributed by atoms with E-state index in [2.05, 4.69) is 0 Å². The Morgan fingerprint density at radius 2 is 2.12 bits per heavy atom. The number of rotatable bonds is 4. The lowest BCUT2D eigenvalue weighted by molar-refractivity contribution is -0.128. The van der Waals surface area contributed by atoms with Gasteiger partial charge in [-0.3, -0.25) is 4.79 Å². The average Bonchev–Trinajstić information content (AvgIpc) is 3.26. The molecule has 0 aromatic heterocycles. The molecule has 8 heteroatoms. The highest BCUT2D eigenvalue weighted by Crippen LogP contribution is 2.37. The number of hydrogen-bond donors (Lipinski definition) is 0.